The lowest BCUT2D eigenvalue weighted by molar-refractivity contribution is 0.862. The van der Waals surface area contributed by atoms with Crippen molar-refractivity contribution in [2.24, 2.45) is 15.7 Å². The van der Waals surface area contributed by atoms with E-state index in [9.17, 15) is 0 Å². The zero-order valence-electron chi connectivity index (χ0n) is 12.8. The minimum atomic E-state index is -0.624. The number of nitrogens with two attached hydrogens (primary N) is 1. The van der Waals surface area contributed by atoms with E-state index in [1.165, 1.54) is 0 Å². The van der Waals surface area contributed by atoms with Gasteiger partial charge in [-0.1, -0.05) is 23.8 Å². The first-order valence-corrected chi connectivity index (χ1v) is 7.98. The van der Waals surface area contributed by atoms with Gasteiger partial charge in [0.05, 0.1) is 16.5 Å². The third kappa shape index (κ3) is 3.24. The Balaban J connectivity index is 1.99. The molecule has 0 amide bonds. The van der Waals surface area contributed by atoms with E-state index in [-0.39, 0.29) is 11.1 Å². The molecule has 5 nitrogen and oxygen atoms in total. The summed E-state index contributed by atoms with van der Waals surface area (Å²) in [6, 6.07) is 7.96. The molecule has 23 heavy (non-hydrogen) atoms. The highest BCUT2D eigenvalue weighted by molar-refractivity contribution is 7.82. The number of rotatable bonds is 3. The number of nitrogens with zero attached hydrogens (tertiary/aromatic N) is 4. The summed E-state index contributed by atoms with van der Waals surface area (Å²) in [6.07, 6.45) is 3.29. The first kappa shape index (κ1) is 16.0. The lowest BCUT2D eigenvalue weighted by Gasteiger charge is -2.19. The molecule has 2 unspecified atom stereocenters. The minimum Gasteiger partial charge on any atom is -0.309 e. The molecular weight excluding hydrogens is 330 g/mol. The zero-order valence-corrected chi connectivity index (χ0v) is 14.3. The van der Waals surface area contributed by atoms with Gasteiger partial charge in [-0.25, -0.2) is 15.0 Å². The lowest BCUT2D eigenvalue weighted by atomic mass is 10.0. The van der Waals surface area contributed by atoms with Crippen LogP contribution >= 0.6 is 23.8 Å². The van der Waals surface area contributed by atoms with Gasteiger partial charge < -0.3 is 10.3 Å². The Bertz CT molecular complexity index is 810. The maximum atomic E-state index is 6.06. The number of hydrogen-bond donors (Lipinski definition) is 1. The minimum absolute atomic E-state index is 0.132. The predicted molar refractivity (Wildman–Crippen MR) is 98.0 cm³/mol. The van der Waals surface area contributed by atoms with Crippen LogP contribution in [-0.2, 0) is 0 Å². The second-order valence-electron chi connectivity index (χ2n) is 5.44. The summed E-state index contributed by atoms with van der Waals surface area (Å²) in [5, 5.41) is 0.239. The molecule has 1 aliphatic rings. The maximum absolute atomic E-state index is 6.06. The fraction of sp³-hybridized carbons (Fsp3) is 0.250. The first-order chi connectivity index (χ1) is 11.0. The molecule has 2 aromatic heterocycles. The molecule has 0 aliphatic carbocycles. The van der Waals surface area contributed by atoms with Crippen LogP contribution in [0.2, 0.25) is 0 Å². The summed E-state index contributed by atoms with van der Waals surface area (Å²) in [5.74, 6) is 1.27. The molecule has 0 fully saturated rings. The van der Waals surface area contributed by atoms with Crippen LogP contribution in [0.3, 0.4) is 0 Å². The number of aryl methyl sites for hydroxylation is 1. The predicted octanol–water partition coefficient (Wildman–Crippen LogP) is 2.99. The number of halogens is 1. The van der Waals surface area contributed by atoms with Crippen LogP contribution in [0.4, 0.5) is 0 Å². The molecule has 7 heteroatoms. The van der Waals surface area contributed by atoms with Gasteiger partial charge in [0.1, 0.15) is 23.0 Å². The van der Waals surface area contributed by atoms with Gasteiger partial charge in [-0.2, -0.15) is 0 Å². The number of amidine groups is 1. The van der Waals surface area contributed by atoms with Crippen LogP contribution < -0.4 is 5.73 Å². The van der Waals surface area contributed by atoms with Crippen molar-refractivity contribution >= 4 is 39.7 Å². The van der Waals surface area contributed by atoms with Gasteiger partial charge in [-0.15, -0.1) is 0 Å². The highest BCUT2D eigenvalue weighted by atomic mass is 35.5. The molecule has 0 spiro atoms. The van der Waals surface area contributed by atoms with E-state index >= 15 is 0 Å². The third-order valence-corrected chi connectivity index (χ3v) is 4.47. The number of hydrogen-bond acceptors (Lipinski definition) is 5. The zero-order chi connectivity index (χ0) is 16.6. The molecule has 3 heterocycles. The first-order valence-electron chi connectivity index (χ1n) is 7.19. The van der Waals surface area contributed by atoms with Crippen molar-refractivity contribution in [3.8, 4) is 5.82 Å². The summed E-state index contributed by atoms with van der Waals surface area (Å²) < 4.78 is 1.96. The summed E-state index contributed by atoms with van der Waals surface area (Å²) in [5.41, 5.74) is 7.86. The van der Waals surface area contributed by atoms with Crippen LogP contribution in [-0.4, -0.2) is 31.6 Å². The van der Waals surface area contributed by atoms with Crippen molar-refractivity contribution in [2.45, 2.75) is 25.9 Å². The second-order valence-corrected chi connectivity index (χ2v) is 6.24. The van der Waals surface area contributed by atoms with E-state index < -0.39 is 6.17 Å². The fourth-order valence-corrected chi connectivity index (χ4v) is 2.66. The summed E-state index contributed by atoms with van der Waals surface area (Å²) in [6.45, 7) is 4.01. The standard InChI is InChI=1S/C16H16ClN5S/c1-9-7-11(19-12(8-9)22-5-3-4-6-22)10(2)16-20-14(17)13(23)15(18)21-16/h3-8,10,15H,18H2,1-2H3. The SMILES string of the molecule is Cc1cc(C(C)C2=NC(N)C(=S)C(Cl)=N2)nc(-n2cccc2)c1. The van der Waals surface area contributed by atoms with E-state index in [2.05, 4.69) is 9.98 Å². The van der Waals surface area contributed by atoms with Crippen LogP contribution in [0.15, 0.2) is 46.6 Å². The largest absolute Gasteiger partial charge is 0.309 e. The van der Waals surface area contributed by atoms with Crippen LogP contribution in [0.5, 0.6) is 0 Å². The number of thiocarbonyl (C=S) groups is 1. The molecule has 0 aromatic carbocycles. The summed E-state index contributed by atoms with van der Waals surface area (Å²) in [7, 11) is 0. The van der Waals surface area contributed by atoms with Gasteiger partial charge in [-0.05, 0) is 43.7 Å². The van der Waals surface area contributed by atoms with Gasteiger partial charge in [0.15, 0.2) is 0 Å². The molecule has 3 rings (SSSR count). The molecule has 0 bridgehead atoms. The average molecular weight is 346 g/mol. The Hall–Kier alpha value is -1.89. The smallest absolute Gasteiger partial charge is 0.148 e. The maximum Gasteiger partial charge on any atom is 0.148 e. The second kappa shape index (κ2) is 6.31. The average Bonchev–Trinajstić information content (AvgIpc) is 3.05. The van der Waals surface area contributed by atoms with Gasteiger partial charge in [0.25, 0.3) is 0 Å². The Kier molecular flexibility index (Phi) is 4.39. The third-order valence-electron chi connectivity index (χ3n) is 3.63. The van der Waals surface area contributed by atoms with E-state index in [0.717, 1.165) is 17.1 Å². The molecule has 0 saturated carbocycles. The molecule has 0 radical (unpaired) electrons. The Morgan fingerprint density at radius 2 is 2.00 bits per heavy atom. The van der Waals surface area contributed by atoms with Gasteiger partial charge >= 0.3 is 0 Å². The highest BCUT2D eigenvalue weighted by Crippen LogP contribution is 2.22. The molecular formula is C16H16ClN5S. The van der Waals surface area contributed by atoms with Gasteiger partial charge in [0, 0.05) is 12.4 Å². The Morgan fingerprint density at radius 1 is 1.30 bits per heavy atom. The van der Waals surface area contributed by atoms with Crippen molar-refractivity contribution in [1.82, 2.24) is 9.55 Å². The Morgan fingerprint density at radius 3 is 2.65 bits per heavy atom. The molecule has 2 N–H and O–H groups in total. The van der Waals surface area contributed by atoms with Crippen molar-refractivity contribution in [3.05, 3.63) is 47.9 Å². The van der Waals surface area contributed by atoms with E-state index in [1.807, 2.05) is 55.1 Å². The summed E-state index contributed by atoms with van der Waals surface area (Å²) >= 11 is 11.1. The van der Waals surface area contributed by atoms with Crippen LogP contribution in [0, 0.1) is 6.92 Å². The molecule has 1 aliphatic heterocycles. The van der Waals surface area contributed by atoms with Gasteiger partial charge in [-0.3, -0.25) is 0 Å². The number of pyridine rings is 1. The highest BCUT2D eigenvalue weighted by Gasteiger charge is 2.24. The normalized spacial score (nSPS) is 19.3. The molecule has 2 aromatic rings. The van der Waals surface area contributed by atoms with Crippen molar-refractivity contribution in [1.29, 1.82) is 0 Å². The number of aliphatic imine (C=N–C) groups is 2. The van der Waals surface area contributed by atoms with Crippen molar-refractivity contribution in [2.75, 3.05) is 0 Å². The molecule has 2 atom stereocenters. The van der Waals surface area contributed by atoms with Crippen LogP contribution in [0.25, 0.3) is 5.82 Å². The topological polar surface area (TPSA) is 68.6 Å². The monoisotopic (exact) mass is 345 g/mol. The van der Waals surface area contributed by atoms with E-state index in [4.69, 9.17) is 34.5 Å². The van der Waals surface area contributed by atoms with Crippen molar-refractivity contribution in [3.63, 3.8) is 0 Å². The van der Waals surface area contributed by atoms with E-state index in [1.54, 1.807) is 0 Å². The van der Waals surface area contributed by atoms with E-state index in [0.29, 0.717) is 10.7 Å². The van der Waals surface area contributed by atoms with Crippen molar-refractivity contribution < 1.29 is 0 Å². The molecule has 118 valence electrons. The summed E-state index contributed by atoms with van der Waals surface area (Å²) in [4.78, 5) is 13.7. The molecule has 0 saturated heterocycles. The quantitative estimate of drug-likeness (QED) is 0.869. The Labute approximate surface area is 144 Å². The fourth-order valence-electron chi connectivity index (χ4n) is 2.37. The number of aromatic nitrogens is 2. The van der Waals surface area contributed by atoms with Gasteiger partial charge in [0.2, 0.25) is 0 Å². The lowest BCUT2D eigenvalue weighted by Crippen LogP contribution is -2.36. The van der Waals surface area contributed by atoms with Crippen LogP contribution in [0.1, 0.15) is 24.1 Å².